The van der Waals surface area contributed by atoms with Crippen molar-refractivity contribution in [3.63, 3.8) is 0 Å². The molecule has 1 fully saturated rings. The van der Waals surface area contributed by atoms with Gasteiger partial charge in [-0.05, 0) is 61.9 Å². The number of benzene rings is 2. The summed E-state index contributed by atoms with van der Waals surface area (Å²) in [5.74, 6) is -0.349. The maximum atomic E-state index is 13.6. The number of carbonyl (C=O) groups is 2. The van der Waals surface area contributed by atoms with Crippen LogP contribution in [0, 0.1) is 6.92 Å². The van der Waals surface area contributed by atoms with Gasteiger partial charge in [-0.1, -0.05) is 61.7 Å². The topological polar surface area (TPSA) is 86.8 Å². The molecule has 202 valence electrons. The minimum atomic E-state index is -3.53. The summed E-state index contributed by atoms with van der Waals surface area (Å²) < 4.78 is 26.3. The lowest BCUT2D eigenvalue weighted by molar-refractivity contribution is -0.141. The smallest absolute Gasteiger partial charge is 0.243 e. The zero-order chi connectivity index (χ0) is 27.0. The lowest BCUT2D eigenvalue weighted by Crippen LogP contribution is -2.51. The van der Waals surface area contributed by atoms with Crippen LogP contribution >= 0.6 is 11.6 Å². The Balaban J connectivity index is 1.76. The largest absolute Gasteiger partial charge is 0.352 e. The first-order valence-electron chi connectivity index (χ1n) is 13.0. The van der Waals surface area contributed by atoms with Crippen LogP contribution in [0.3, 0.4) is 0 Å². The molecule has 0 unspecified atom stereocenters. The van der Waals surface area contributed by atoms with E-state index in [0.717, 1.165) is 36.8 Å². The Labute approximate surface area is 226 Å². The first-order chi connectivity index (χ1) is 17.6. The van der Waals surface area contributed by atoms with Crippen LogP contribution < -0.4 is 9.62 Å². The number of nitrogens with zero attached hydrogens (tertiary/aromatic N) is 2. The number of nitrogens with one attached hydrogen (secondary N) is 1. The van der Waals surface area contributed by atoms with E-state index in [0.29, 0.717) is 23.6 Å². The molecule has 3 rings (SSSR count). The molecular weight excluding hydrogens is 510 g/mol. The molecule has 1 saturated carbocycles. The number of carbonyl (C=O) groups excluding carboxylic acids is 2. The molecule has 9 heteroatoms. The minimum Gasteiger partial charge on any atom is -0.352 e. The van der Waals surface area contributed by atoms with Gasteiger partial charge in [0.25, 0.3) is 0 Å². The van der Waals surface area contributed by atoms with Crippen LogP contribution in [-0.2, 0) is 26.2 Å². The third-order valence-electron chi connectivity index (χ3n) is 6.83. The predicted molar refractivity (Wildman–Crippen MR) is 149 cm³/mol. The lowest BCUT2D eigenvalue weighted by atomic mass is 10.1. The molecule has 2 aromatic carbocycles. The summed E-state index contributed by atoms with van der Waals surface area (Å²) in [6.45, 7) is 4.18. The van der Waals surface area contributed by atoms with Crippen LogP contribution in [0.5, 0.6) is 0 Å². The van der Waals surface area contributed by atoms with Gasteiger partial charge < -0.3 is 10.2 Å². The van der Waals surface area contributed by atoms with Crippen molar-refractivity contribution in [2.75, 3.05) is 17.1 Å². The molecule has 0 aromatic heterocycles. The second-order valence-electron chi connectivity index (χ2n) is 9.80. The van der Waals surface area contributed by atoms with Crippen LogP contribution in [0.1, 0.15) is 63.0 Å². The fourth-order valence-electron chi connectivity index (χ4n) is 4.88. The predicted octanol–water partition coefficient (Wildman–Crippen LogP) is 5.06. The van der Waals surface area contributed by atoms with Crippen molar-refractivity contribution in [1.29, 1.82) is 0 Å². The van der Waals surface area contributed by atoms with E-state index in [1.807, 2.05) is 50.2 Å². The highest BCUT2D eigenvalue weighted by Gasteiger charge is 2.31. The van der Waals surface area contributed by atoms with Crippen molar-refractivity contribution in [3.8, 4) is 0 Å². The summed E-state index contributed by atoms with van der Waals surface area (Å²) in [4.78, 5) is 28.4. The molecule has 0 radical (unpaired) electrons. The van der Waals surface area contributed by atoms with Crippen molar-refractivity contribution in [2.45, 2.75) is 77.4 Å². The highest BCUT2D eigenvalue weighted by Crippen LogP contribution is 2.23. The van der Waals surface area contributed by atoms with Gasteiger partial charge in [-0.25, -0.2) is 8.42 Å². The van der Waals surface area contributed by atoms with E-state index in [4.69, 9.17) is 11.6 Å². The molecule has 37 heavy (non-hydrogen) atoms. The Hall–Kier alpha value is -2.58. The molecule has 2 aromatic rings. The zero-order valence-electron chi connectivity index (χ0n) is 22.0. The minimum absolute atomic E-state index is 0.107. The Morgan fingerprint density at radius 3 is 2.43 bits per heavy atom. The van der Waals surface area contributed by atoms with Crippen LogP contribution in [0.25, 0.3) is 0 Å². The van der Waals surface area contributed by atoms with E-state index in [9.17, 15) is 18.0 Å². The number of sulfonamides is 1. The van der Waals surface area contributed by atoms with Gasteiger partial charge in [0.05, 0.1) is 11.9 Å². The van der Waals surface area contributed by atoms with Gasteiger partial charge in [0, 0.05) is 30.6 Å². The third kappa shape index (κ3) is 8.20. The molecule has 7 nitrogen and oxygen atoms in total. The average Bonchev–Trinajstić information content (AvgIpc) is 3.35. The summed E-state index contributed by atoms with van der Waals surface area (Å²) in [5, 5.41) is 3.67. The van der Waals surface area contributed by atoms with Gasteiger partial charge in [0.1, 0.15) is 6.04 Å². The molecule has 2 amide bonds. The number of aryl methyl sites for hydroxylation is 1. The van der Waals surface area contributed by atoms with Crippen molar-refractivity contribution in [2.24, 2.45) is 0 Å². The van der Waals surface area contributed by atoms with Gasteiger partial charge in [-0.15, -0.1) is 0 Å². The third-order valence-corrected chi connectivity index (χ3v) is 8.39. The maximum absolute atomic E-state index is 13.6. The van der Waals surface area contributed by atoms with Gasteiger partial charge in [-0.2, -0.15) is 0 Å². The first kappa shape index (κ1) is 29.0. The summed E-state index contributed by atoms with van der Waals surface area (Å²) >= 11 is 6.40. The molecular formula is C28H38ClN3O4S. The lowest BCUT2D eigenvalue weighted by Gasteiger charge is -2.32. The standard InChI is InChI=1S/C28H38ClN3O4S/c1-4-26(28(34)30-23-13-6-7-14-23)31(20-22-12-5-8-16-25(22)29)27(33)17-10-18-32(37(3,35)36)24-15-9-11-21(2)19-24/h5,8-9,11-12,15-16,19,23,26H,4,6-7,10,13-14,17-18,20H2,1-3H3,(H,30,34)/t26-/m0/s1. The van der Waals surface area contributed by atoms with E-state index < -0.39 is 16.1 Å². The maximum Gasteiger partial charge on any atom is 0.243 e. The fraction of sp³-hybridized carbons (Fsp3) is 0.500. The average molecular weight is 548 g/mol. The van der Waals surface area contributed by atoms with Crippen molar-refractivity contribution in [3.05, 3.63) is 64.7 Å². The van der Waals surface area contributed by atoms with Crippen molar-refractivity contribution >= 4 is 39.1 Å². The van der Waals surface area contributed by atoms with Crippen LogP contribution in [0.4, 0.5) is 5.69 Å². The van der Waals surface area contributed by atoms with Gasteiger partial charge in [0.15, 0.2) is 0 Å². The van der Waals surface area contributed by atoms with Crippen LogP contribution in [0.2, 0.25) is 5.02 Å². The highest BCUT2D eigenvalue weighted by molar-refractivity contribution is 7.92. The molecule has 0 spiro atoms. The first-order valence-corrected chi connectivity index (χ1v) is 15.2. The molecule has 1 atom stereocenters. The summed E-state index contributed by atoms with van der Waals surface area (Å²) in [5.41, 5.74) is 2.29. The van der Waals surface area contributed by atoms with Crippen LogP contribution in [-0.4, -0.2) is 50.0 Å². The van der Waals surface area contributed by atoms with Gasteiger partial charge >= 0.3 is 0 Å². The number of halogens is 1. The number of hydrogen-bond donors (Lipinski definition) is 1. The van der Waals surface area contributed by atoms with E-state index in [1.54, 1.807) is 17.0 Å². The molecule has 0 saturated heterocycles. The normalized spacial score (nSPS) is 14.8. The number of hydrogen-bond acceptors (Lipinski definition) is 4. The molecule has 0 bridgehead atoms. The van der Waals surface area contributed by atoms with E-state index in [2.05, 4.69) is 5.32 Å². The molecule has 0 heterocycles. The number of anilines is 1. The molecule has 1 aliphatic rings. The van der Waals surface area contributed by atoms with Gasteiger partial charge in [0.2, 0.25) is 21.8 Å². The van der Waals surface area contributed by atoms with E-state index in [-0.39, 0.29) is 37.4 Å². The van der Waals surface area contributed by atoms with Crippen LogP contribution in [0.15, 0.2) is 48.5 Å². The van der Waals surface area contributed by atoms with E-state index in [1.165, 1.54) is 10.6 Å². The van der Waals surface area contributed by atoms with Crippen molar-refractivity contribution < 1.29 is 18.0 Å². The molecule has 1 N–H and O–H groups in total. The zero-order valence-corrected chi connectivity index (χ0v) is 23.5. The monoisotopic (exact) mass is 547 g/mol. The van der Waals surface area contributed by atoms with Gasteiger partial charge in [-0.3, -0.25) is 13.9 Å². The Kier molecular flexibility index (Phi) is 10.4. The van der Waals surface area contributed by atoms with Crippen molar-refractivity contribution in [1.82, 2.24) is 10.2 Å². The molecule has 0 aliphatic heterocycles. The Morgan fingerprint density at radius 2 is 1.81 bits per heavy atom. The summed E-state index contributed by atoms with van der Waals surface area (Å²) in [6, 6.07) is 14.1. The quantitative estimate of drug-likeness (QED) is 0.402. The number of rotatable bonds is 12. The van der Waals surface area contributed by atoms with E-state index >= 15 is 0 Å². The summed E-state index contributed by atoms with van der Waals surface area (Å²) in [6.07, 6.45) is 6.18. The second kappa shape index (κ2) is 13.3. The second-order valence-corrected chi connectivity index (χ2v) is 12.1. The SMILES string of the molecule is CC[C@@H](C(=O)NC1CCCC1)N(Cc1ccccc1Cl)C(=O)CCCN(c1cccc(C)c1)S(C)(=O)=O. The summed E-state index contributed by atoms with van der Waals surface area (Å²) in [7, 11) is -3.53. The molecule has 1 aliphatic carbocycles. The Morgan fingerprint density at radius 1 is 1.11 bits per heavy atom. The highest BCUT2D eigenvalue weighted by atomic mass is 35.5. The number of amides is 2. The fourth-order valence-corrected chi connectivity index (χ4v) is 6.04. The Bertz CT molecular complexity index is 1180.